The summed E-state index contributed by atoms with van der Waals surface area (Å²) in [7, 11) is 1.59. The number of hydrogen-bond donors (Lipinski definition) is 3. The molecule has 0 saturated heterocycles. The molecule has 2 aromatic heterocycles. The average Bonchev–Trinajstić information content (AvgIpc) is 3.42. The molecule has 4 N–H and O–H groups in total. The molecule has 0 atom stereocenters. The minimum atomic E-state index is -1.05. The van der Waals surface area contributed by atoms with Crippen LogP contribution in [0.5, 0.6) is 5.75 Å². The van der Waals surface area contributed by atoms with Gasteiger partial charge in [-0.05, 0) is 42.5 Å². The van der Waals surface area contributed by atoms with Crippen LogP contribution in [-0.2, 0) is 4.79 Å². The quantitative estimate of drug-likeness (QED) is 0.288. The van der Waals surface area contributed by atoms with Gasteiger partial charge in [0, 0.05) is 17.3 Å². The fourth-order valence-corrected chi connectivity index (χ4v) is 3.46. The topological polar surface area (TPSA) is 124 Å². The number of aromatic nitrogens is 5. The molecule has 0 bridgehead atoms. The maximum absolute atomic E-state index is 13.3. The first-order valence-corrected chi connectivity index (χ1v) is 10.2. The number of ether oxygens (including phenoxy) is 1. The molecule has 2 heterocycles. The summed E-state index contributed by atoms with van der Waals surface area (Å²) in [6.07, 6.45) is 0. The maximum Gasteiger partial charge on any atom is 0.234 e. The number of rotatable bonds is 7. The van der Waals surface area contributed by atoms with Crippen molar-refractivity contribution in [1.29, 1.82) is 0 Å². The number of benzene rings is 2. The van der Waals surface area contributed by atoms with Crippen LogP contribution in [0.15, 0.2) is 53.7 Å². The number of halogens is 2. The number of carbonyl (C=O) groups excluding carboxylic acids is 1. The summed E-state index contributed by atoms with van der Waals surface area (Å²) in [5, 5.41) is 18.0. The molecule has 12 heteroatoms. The summed E-state index contributed by atoms with van der Waals surface area (Å²) in [4.78, 5) is 12.1. The Morgan fingerprint density at radius 2 is 1.94 bits per heavy atom. The SMILES string of the molecule is COc1ccc(-c2cc(-c3nnc(SCC(=O)Nc4ccc(F)c(F)c4)n3N)[nH]n2)cc1. The van der Waals surface area contributed by atoms with Crippen LogP contribution in [0.1, 0.15) is 0 Å². The van der Waals surface area contributed by atoms with E-state index in [9.17, 15) is 13.6 Å². The second-order valence-electron chi connectivity index (χ2n) is 6.54. The molecule has 4 aromatic rings. The van der Waals surface area contributed by atoms with Gasteiger partial charge in [-0.2, -0.15) is 5.10 Å². The van der Waals surface area contributed by atoms with E-state index in [1.165, 1.54) is 10.7 Å². The normalized spacial score (nSPS) is 10.8. The van der Waals surface area contributed by atoms with Crippen molar-refractivity contribution in [2.75, 3.05) is 24.0 Å². The summed E-state index contributed by atoms with van der Waals surface area (Å²) in [5.41, 5.74) is 2.25. The Labute approximate surface area is 185 Å². The third-order valence-corrected chi connectivity index (χ3v) is 5.35. The highest BCUT2D eigenvalue weighted by molar-refractivity contribution is 7.99. The molecular weight excluding hydrogens is 440 g/mol. The first kappa shape index (κ1) is 21.3. The van der Waals surface area contributed by atoms with E-state index in [1.54, 1.807) is 13.2 Å². The molecule has 0 aliphatic heterocycles. The van der Waals surface area contributed by atoms with Gasteiger partial charge >= 0.3 is 0 Å². The van der Waals surface area contributed by atoms with Gasteiger partial charge in [-0.15, -0.1) is 10.2 Å². The van der Waals surface area contributed by atoms with Crippen LogP contribution in [0.4, 0.5) is 14.5 Å². The molecule has 0 aliphatic carbocycles. The van der Waals surface area contributed by atoms with Gasteiger partial charge in [0.1, 0.15) is 11.4 Å². The Morgan fingerprint density at radius 3 is 2.66 bits per heavy atom. The number of nitrogens with zero attached hydrogens (tertiary/aromatic N) is 4. The van der Waals surface area contributed by atoms with Crippen molar-refractivity contribution in [3.8, 4) is 28.5 Å². The molecule has 32 heavy (non-hydrogen) atoms. The van der Waals surface area contributed by atoms with Crippen molar-refractivity contribution in [2.45, 2.75) is 5.16 Å². The van der Waals surface area contributed by atoms with Crippen LogP contribution in [0.25, 0.3) is 22.8 Å². The van der Waals surface area contributed by atoms with Crippen LogP contribution in [0.3, 0.4) is 0 Å². The lowest BCUT2D eigenvalue weighted by Crippen LogP contribution is -2.16. The van der Waals surface area contributed by atoms with Crippen molar-refractivity contribution in [3.05, 3.63) is 60.2 Å². The van der Waals surface area contributed by atoms with Gasteiger partial charge in [0.25, 0.3) is 0 Å². The Morgan fingerprint density at radius 1 is 1.16 bits per heavy atom. The van der Waals surface area contributed by atoms with Gasteiger partial charge < -0.3 is 15.9 Å². The lowest BCUT2D eigenvalue weighted by Gasteiger charge is -2.05. The molecule has 0 fully saturated rings. The van der Waals surface area contributed by atoms with Crippen LogP contribution >= 0.6 is 11.8 Å². The van der Waals surface area contributed by atoms with Gasteiger partial charge in [-0.1, -0.05) is 11.8 Å². The number of hydrogen-bond acceptors (Lipinski definition) is 7. The highest BCUT2D eigenvalue weighted by atomic mass is 32.2. The first-order chi connectivity index (χ1) is 15.4. The Balaban J connectivity index is 1.41. The molecule has 9 nitrogen and oxygen atoms in total. The second kappa shape index (κ2) is 9.06. The molecular formula is C20H17F2N7O2S. The Bertz CT molecular complexity index is 1260. The largest absolute Gasteiger partial charge is 0.497 e. The summed E-state index contributed by atoms with van der Waals surface area (Å²) in [5.74, 6) is 4.62. The molecule has 0 aliphatic rings. The first-order valence-electron chi connectivity index (χ1n) is 9.23. The van der Waals surface area contributed by atoms with Crippen LogP contribution in [0.2, 0.25) is 0 Å². The predicted molar refractivity (Wildman–Crippen MR) is 115 cm³/mol. The average molecular weight is 457 g/mol. The van der Waals surface area contributed by atoms with Crippen LogP contribution in [-0.4, -0.2) is 43.8 Å². The molecule has 0 unspecified atom stereocenters. The zero-order valence-electron chi connectivity index (χ0n) is 16.7. The number of carbonyl (C=O) groups is 1. The monoisotopic (exact) mass is 457 g/mol. The second-order valence-corrected chi connectivity index (χ2v) is 7.48. The molecule has 0 spiro atoms. The molecule has 4 rings (SSSR count). The fraction of sp³-hybridized carbons (Fsp3) is 0.100. The third-order valence-electron chi connectivity index (χ3n) is 4.40. The van der Waals surface area contributed by atoms with E-state index >= 15 is 0 Å². The van der Waals surface area contributed by atoms with E-state index in [2.05, 4.69) is 25.7 Å². The van der Waals surface area contributed by atoms with Crippen molar-refractivity contribution >= 4 is 23.4 Å². The zero-order chi connectivity index (χ0) is 22.7. The highest BCUT2D eigenvalue weighted by Gasteiger charge is 2.16. The van der Waals surface area contributed by atoms with Gasteiger partial charge in [0.15, 0.2) is 11.6 Å². The van der Waals surface area contributed by atoms with Gasteiger partial charge in [-0.25, -0.2) is 13.5 Å². The zero-order valence-corrected chi connectivity index (χ0v) is 17.5. The number of anilines is 1. The number of methoxy groups -OCH3 is 1. The number of amides is 1. The number of nitrogens with one attached hydrogen (secondary N) is 2. The number of nitrogens with two attached hydrogens (primary N) is 1. The minimum absolute atomic E-state index is 0.0611. The summed E-state index contributed by atoms with van der Waals surface area (Å²) in [6.45, 7) is 0. The van der Waals surface area contributed by atoms with Gasteiger partial charge in [0.05, 0.1) is 18.6 Å². The lowest BCUT2D eigenvalue weighted by atomic mass is 10.1. The van der Waals surface area contributed by atoms with Crippen molar-refractivity contribution < 1.29 is 18.3 Å². The molecule has 2 aromatic carbocycles. The van der Waals surface area contributed by atoms with Crippen molar-refractivity contribution in [3.63, 3.8) is 0 Å². The number of H-pyrrole nitrogens is 1. The van der Waals surface area contributed by atoms with Crippen molar-refractivity contribution in [2.24, 2.45) is 0 Å². The lowest BCUT2D eigenvalue weighted by molar-refractivity contribution is -0.113. The number of thioether (sulfide) groups is 1. The van der Waals surface area contributed by atoms with E-state index in [0.717, 1.165) is 35.2 Å². The standard InChI is InChI=1S/C20H17F2N7O2S/c1-31-13-5-2-11(3-6-13)16-9-17(26-25-16)19-27-28-20(29(19)23)32-10-18(30)24-12-4-7-14(21)15(22)8-12/h2-9H,10,23H2,1H3,(H,24,30)(H,25,26). The van der Waals surface area contributed by atoms with Crippen molar-refractivity contribution in [1.82, 2.24) is 25.1 Å². The van der Waals surface area contributed by atoms with E-state index in [4.69, 9.17) is 10.6 Å². The van der Waals surface area contributed by atoms with E-state index < -0.39 is 17.5 Å². The summed E-state index contributed by atoms with van der Waals surface area (Å²) >= 11 is 1.04. The Hall–Kier alpha value is -3.93. The van der Waals surface area contributed by atoms with E-state index in [-0.39, 0.29) is 11.4 Å². The van der Waals surface area contributed by atoms with E-state index in [1.807, 2.05) is 24.3 Å². The smallest absolute Gasteiger partial charge is 0.234 e. The fourth-order valence-electron chi connectivity index (χ4n) is 2.81. The van der Waals surface area contributed by atoms with Gasteiger partial charge in [0.2, 0.25) is 16.9 Å². The molecule has 0 radical (unpaired) electrons. The third kappa shape index (κ3) is 4.54. The van der Waals surface area contributed by atoms with Crippen LogP contribution in [0, 0.1) is 11.6 Å². The van der Waals surface area contributed by atoms with Gasteiger partial charge in [-0.3, -0.25) is 9.89 Å². The number of nitrogen functional groups attached to an aromatic ring is 1. The predicted octanol–water partition coefficient (Wildman–Crippen LogP) is 3.07. The highest BCUT2D eigenvalue weighted by Crippen LogP contribution is 2.26. The molecule has 164 valence electrons. The molecule has 1 amide bonds. The van der Waals surface area contributed by atoms with Crippen LogP contribution < -0.4 is 15.9 Å². The summed E-state index contributed by atoms with van der Waals surface area (Å²) in [6, 6.07) is 12.3. The maximum atomic E-state index is 13.3. The minimum Gasteiger partial charge on any atom is -0.497 e. The van der Waals surface area contributed by atoms with E-state index in [0.29, 0.717) is 22.4 Å². The number of aromatic amines is 1. The Kier molecular flexibility index (Phi) is 6.03. The summed E-state index contributed by atoms with van der Waals surface area (Å²) < 4.78 is 32.6. The molecule has 0 saturated carbocycles.